The molecule has 106 valence electrons. The quantitative estimate of drug-likeness (QED) is 0.773. The van der Waals surface area contributed by atoms with Crippen molar-refractivity contribution in [2.24, 2.45) is 0 Å². The van der Waals surface area contributed by atoms with Crippen LogP contribution in [0.4, 0.5) is 4.39 Å². The van der Waals surface area contributed by atoms with Crippen LogP contribution in [-0.4, -0.2) is 16.6 Å². The molecule has 0 N–H and O–H groups in total. The Labute approximate surface area is 125 Å². The van der Waals surface area contributed by atoms with Crippen molar-refractivity contribution in [3.05, 3.63) is 46.1 Å². The Hall–Kier alpha value is -1.43. The minimum absolute atomic E-state index is 0.0304. The van der Waals surface area contributed by atoms with E-state index in [9.17, 15) is 4.39 Å². The van der Waals surface area contributed by atoms with Crippen molar-refractivity contribution in [2.75, 3.05) is 6.61 Å². The van der Waals surface area contributed by atoms with Crippen LogP contribution in [0.15, 0.2) is 24.3 Å². The first-order chi connectivity index (χ1) is 9.58. The minimum atomic E-state index is -0.517. The highest BCUT2D eigenvalue weighted by Crippen LogP contribution is 2.26. The van der Waals surface area contributed by atoms with Gasteiger partial charge in [-0.1, -0.05) is 23.2 Å². The van der Waals surface area contributed by atoms with Crippen molar-refractivity contribution in [1.82, 2.24) is 9.97 Å². The van der Waals surface area contributed by atoms with Gasteiger partial charge in [-0.3, -0.25) is 0 Å². The molecule has 0 spiro atoms. The van der Waals surface area contributed by atoms with Gasteiger partial charge in [0.1, 0.15) is 23.3 Å². The summed E-state index contributed by atoms with van der Waals surface area (Å²) in [5, 5.41) is 0.204. The average molecular weight is 317 g/mol. The molecule has 20 heavy (non-hydrogen) atoms. The van der Waals surface area contributed by atoms with Gasteiger partial charge in [0.25, 0.3) is 0 Å². The number of aromatic nitrogens is 2. The Morgan fingerprint density at radius 2 is 2.00 bits per heavy atom. The summed E-state index contributed by atoms with van der Waals surface area (Å²) in [7, 11) is 0. The molecule has 0 radical (unpaired) electrons. The van der Waals surface area contributed by atoms with Crippen LogP contribution >= 0.6 is 23.2 Å². The second kappa shape index (κ2) is 6.83. The van der Waals surface area contributed by atoms with E-state index in [-0.39, 0.29) is 22.7 Å². The van der Waals surface area contributed by atoms with Crippen LogP contribution in [0.1, 0.15) is 12.7 Å². The van der Waals surface area contributed by atoms with Crippen molar-refractivity contribution in [2.45, 2.75) is 13.5 Å². The van der Waals surface area contributed by atoms with Crippen LogP contribution in [0.2, 0.25) is 10.2 Å². The number of benzene rings is 1. The van der Waals surface area contributed by atoms with Gasteiger partial charge in [-0.25, -0.2) is 9.37 Å². The van der Waals surface area contributed by atoms with Gasteiger partial charge in [-0.15, -0.1) is 0 Å². The minimum Gasteiger partial charge on any atom is -0.439 e. The van der Waals surface area contributed by atoms with E-state index < -0.39 is 5.82 Å². The number of halogens is 3. The number of ether oxygens (including phenoxy) is 2. The van der Waals surface area contributed by atoms with Crippen LogP contribution in [0.5, 0.6) is 11.6 Å². The largest absolute Gasteiger partial charge is 0.439 e. The number of nitrogens with zero attached hydrogens (tertiary/aromatic N) is 2. The number of rotatable bonds is 5. The fourth-order valence-corrected chi connectivity index (χ4v) is 1.77. The molecule has 0 aliphatic rings. The lowest BCUT2D eigenvalue weighted by Crippen LogP contribution is -2.01. The smallest absolute Gasteiger partial charge is 0.224 e. The highest BCUT2D eigenvalue weighted by atomic mass is 35.5. The highest BCUT2D eigenvalue weighted by molar-refractivity contribution is 6.30. The molecule has 4 nitrogen and oxygen atoms in total. The molecule has 0 aliphatic heterocycles. The first-order valence-corrected chi connectivity index (χ1v) is 6.58. The van der Waals surface area contributed by atoms with Crippen molar-refractivity contribution in [3.63, 3.8) is 0 Å². The Kier molecular flexibility index (Phi) is 5.11. The lowest BCUT2D eigenvalue weighted by molar-refractivity contribution is 0.128. The number of hydrogen-bond acceptors (Lipinski definition) is 4. The predicted octanol–water partition coefficient (Wildman–Crippen LogP) is 4.25. The molecule has 0 fully saturated rings. The summed E-state index contributed by atoms with van der Waals surface area (Å²) in [6.45, 7) is 2.64. The fraction of sp³-hybridized carbons (Fsp3) is 0.231. The van der Waals surface area contributed by atoms with E-state index in [1.54, 1.807) is 0 Å². The second-order valence-electron chi connectivity index (χ2n) is 3.76. The van der Waals surface area contributed by atoms with E-state index in [1.165, 1.54) is 24.3 Å². The summed E-state index contributed by atoms with van der Waals surface area (Å²) in [6, 6.07) is 5.46. The summed E-state index contributed by atoms with van der Waals surface area (Å²) < 4.78 is 23.7. The molecule has 2 rings (SSSR count). The molecular formula is C13H11Cl2FN2O2. The lowest BCUT2D eigenvalue weighted by Gasteiger charge is -2.07. The molecule has 0 unspecified atom stereocenters. The molecule has 0 amide bonds. The molecule has 0 aliphatic carbocycles. The second-order valence-corrected chi connectivity index (χ2v) is 4.55. The standard InChI is InChI=1S/C13H11Cl2FN2O2/c1-2-19-7-12-17-11(15)6-13(18-12)20-8-3-4-10(16)9(14)5-8/h3-6H,2,7H2,1H3. The van der Waals surface area contributed by atoms with Crippen LogP contribution in [-0.2, 0) is 11.3 Å². The summed E-state index contributed by atoms with van der Waals surface area (Å²) in [5.41, 5.74) is 0. The zero-order valence-corrected chi connectivity index (χ0v) is 12.1. The van der Waals surface area contributed by atoms with E-state index in [0.717, 1.165) is 0 Å². The summed E-state index contributed by atoms with van der Waals surface area (Å²) in [4.78, 5) is 8.15. The van der Waals surface area contributed by atoms with Crippen LogP contribution in [0.25, 0.3) is 0 Å². The van der Waals surface area contributed by atoms with Crippen LogP contribution in [0, 0.1) is 5.82 Å². The van der Waals surface area contributed by atoms with Crippen molar-refractivity contribution in [3.8, 4) is 11.6 Å². The Bertz CT molecular complexity index is 611. The third-order valence-electron chi connectivity index (χ3n) is 2.27. The van der Waals surface area contributed by atoms with E-state index in [1.807, 2.05) is 6.92 Å². The third-order valence-corrected chi connectivity index (χ3v) is 2.75. The zero-order chi connectivity index (χ0) is 14.5. The molecule has 1 aromatic heterocycles. The van der Waals surface area contributed by atoms with Crippen LogP contribution in [0.3, 0.4) is 0 Å². The highest BCUT2D eigenvalue weighted by Gasteiger charge is 2.07. The van der Waals surface area contributed by atoms with Crippen molar-refractivity contribution < 1.29 is 13.9 Å². The lowest BCUT2D eigenvalue weighted by atomic mass is 10.3. The summed E-state index contributed by atoms with van der Waals surface area (Å²) in [6.07, 6.45) is 0. The van der Waals surface area contributed by atoms with E-state index in [2.05, 4.69) is 9.97 Å². The Morgan fingerprint density at radius 1 is 1.20 bits per heavy atom. The maximum absolute atomic E-state index is 13.1. The van der Waals surface area contributed by atoms with Crippen molar-refractivity contribution in [1.29, 1.82) is 0 Å². The molecule has 2 aromatic rings. The Balaban J connectivity index is 2.19. The summed E-state index contributed by atoms with van der Waals surface area (Å²) in [5.74, 6) is 0.482. The van der Waals surface area contributed by atoms with E-state index in [4.69, 9.17) is 32.7 Å². The maximum atomic E-state index is 13.1. The molecular weight excluding hydrogens is 306 g/mol. The van der Waals surface area contributed by atoms with E-state index >= 15 is 0 Å². The molecule has 1 heterocycles. The third kappa shape index (κ3) is 4.03. The first-order valence-electron chi connectivity index (χ1n) is 5.82. The monoisotopic (exact) mass is 316 g/mol. The fourth-order valence-electron chi connectivity index (χ4n) is 1.41. The predicted molar refractivity (Wildman–Crippen MR) is 73.9 cm³/mol. The van der Waals surface area contributed by atoms with Gasteiger partial charge in [0, 0.05) is 18.7 Å². The van der Waals surface area contributed by atoms with Gasteiger partial charge in [0.05, 0.1) is 5.02 Å². The molecule has 0 atom stereocenters. The van der Waals surface area contributed by atoms with Crippen LogP contribution < -0.4 is 4.74 Å². The summed E-state index contributed by atoms with van der Waals surface area (Å²) >= 11 is 11.6. The average Bonchev–Trinajstić information content (AvgIpc) is 2.40. The molecule has 0 saturated carbocycles. The normalized spacial score (nSPS) is 10.6. The maximum Gasteiger partial charge on any atom is 0.224 e. The first kappa shape index (κ1) is 15.0. The van der Waals surface area contributed by atoms with Crippen molar-refractivity contribution >= 4 is 23.2 Å². The zero-order valence-electron chi connectivity index (χ0n) is 10.6. The number of hydrogen-bond donors (Lipinski definition) is 0. The SMILES string of the molecule is CCOCc1nc(Cl)cc(Oc2ccc(F)c(Cl)c2)n1. The topological polar surface area (TPSA) is 44.2 Å². The van der Waals surface area contributed by atoms with Gasteiger partial charge >= 0.3 is 0 Å². The Morgan fingerprint density at radius 3 is 2.70 bits per heavy atom. The molecule has 7 heteroatoms. The van der Waals surface area contributed by atoms with Gasteiger partial charge in [0.15, 0.2) is 5.82 Å². The molecule has 0 bridgehead atoms. The van der Waals surface area contributed by atoms with Gasteiger partial charge in [0.2, 0.25) is 5.88 Å². The van der Waals surface area contributed by atoms with Gasteiger partial charge in [-0.2, -0.15) is 4.98 Å². The van der Waals surface area contributed by atoms with E-state index in [0.29, 0.717) is 18.2 Å². The molecule has 1 aromatic carbocycles. The van der Waals surface area contributed by atoms with Gasteiger partial charge < -0.3 is 9.47 Å². The molecule has 0 saturated heterocycles. The van der Waals surface area contributed by atoms with Gasteiger partial charge in [-0.05, 0) is 19.1 Å².